The van der Waals surface area contributed by atoms with Crippen molar-refractivity contribution in [2.75, 3.05) is 0 Å². The lowest BCUT2D eigenvalue weighted by Crippen LogP contribution is -2.14. The summed E-state index contributed by atoms with van der Waals surface area (Å²) in [7, 11) is 0. The molecule has 0 amide bonds. The third-order valence-corrected chi connectivity index (χ3v) is 5.10. The lowest BCUT2D eigenvalue weighted by Gasteiger charge is -2.20. The van der Waals surface area contributed by atoms with Gasteiger partial charge in [-0.2, -0.15) is 0 Å². The zero-order valence-electron chi connectivity index (χ0n) is 16.4. The largest absolute Gasteiger partial charge is 0.481 e. The molecule has 0 radical (unpaired) electrons. The molecule has 0 aliphatic carbocycles. The van der Waals surface area contributed by atoms with Crippen molar-refractivity contribution in [3.63, 3.8) is 0 Å². The summed E-state index contributed by atoms with van der Waals surface area (Å²) in [5.41, 5.74) is 4.57. The van der Waals surface area contributed by atoms with Crippen LogP contribution in [0, 0.1) is 13.8 Å². The maximum Gasteiger partial charge on any atom is 0.307 e. The summed E-state index contributed by atoms with van der Waals surface area (Å²) in [6.07, 6.45) is 1.67. The van der Waals surface area contributed by atoms with Crippen molar-refractivity contribution in [3.05, 3.63) is 105 Å². The molecule has 0 spiro atoms. The standard InChI is InChI=1S/C24H23NO4/c1-15-5-3-4-6-20(15)21(18-9-7-17(8-10-18)12-23(27)28)13-22(26)19-11-16(2)24(29)25-14-19/h3-11,14,21H,12-13H2,1-2H3,(H,25,29)(H,27,28)/t21-/m1/s1. The fraction of sp³-hybridized carbons (Fsp3) is 0.208. The Labute approximate surface area is 169 Å². The molecule has 1 heterocycles. The van der Waals surface area contributed by atoms with E-state index in [2.05, 4.69) is 4.98 Å². The molecular formula is C24H23NO4. The van der Waals surface area contributed by atoms with Gasteiger partial charge in [-0.25, -0.2) is 0 Å². The van der Waals surface area contributed by atoms with Crippen molar-refractivity contribution in [3.8, 4) is 0 Å². The highest BCUT2D eigenvalue weighted by Gasteiger charge is 2.21. The molecule has 5 heteroatoms. The number of carboxylic acid groups (broad SMARTS) is 1. The third-order valence-electron chi connectivity index (χ3n) is 5.10. The minimum Gasteiger partial charge on any atom is -0.481 e. The molecule has 3 rings (SSSR count). The highest BCUT2D eigenvalue weighted by atomic mass is 16.4. The van der Waals surface area contributed by atoms with Crippen molar-refractivity contribution in [2.45, 2.75) is 32.6 Å². The fourth-order valence-corrected chi connectivity index (χ4v) is 3.49. The van der Waals surface area contributed by atoms with Gasteiger partial charge >= 0.3 is 5.97 Å². The Morgan fingerprint density at radius 2 is 1.69 bits per heavy atom. The van der Waals surface area contributed by atoms with Gasteiger partial charge in [0.15, 0.2) is 5.78 Å². The van der Waals surface area contributed by atoms with Crippen LogP contribution in [-0.4, -0.2) is 21.8 Å². The summed E-state index contributed by atoms with van der Waals surface area (Å²) in [4.78, 5) is 38.1. The molecule has 2 aromatic carbocycles. The number of rotatable bonds is 7. The number of ketones is 1. The van der Waals surface area contributed by atoms with E-state index in [9.17, 15) is 14.4 Å². The lowest BCUT2D eigenvalue weighted by molar-refractivity contribution is -0.136. The molecular weight excluding hydrogens is 366 g/mol. The monoisotopic (exact) mass is 389 g/mol. The van der Waals surface area contributed by atoms with Crippen LogP contribution >= 0.6 is 0 Å². The number of pyridine rings is 1. The number of nitrogens with one attached hydrogen (secondary N) is 1. The van der Waals surface area contributed by atoms with Crippen molar-refractivity contribution in [1.82, 2.24) is 4.98 Å². The maximum absolute atomic E-state index is 13.0. The normalized spacial score (nSPS) is 11.8. The van der Waals surface area contributed by atoms with E-state index in [1.807, 2.05) is 43.3 Å². The highest BCUT2D eigenvalue weighted by Crippen LogP contribution is 2.31. The summed E-state index contributed by atoms with van der Waals surface area (Å²) in [6.45, 7) is 3.69. The van der Waals surface area contributed by atoms with Gasteiger partial charge < -0.3 is 10.1 Å². The predicted octanol–water partition coefficient (Wildman–Crippen LogP) is 4.02. The minimum atomic E-state index is -0.878. The van der Waals surface area contributed by atoms with E-state index >= 15 is 0 Å². The van der Waals surface area contributed by atoms with Gasteiger partial charge in [-0.15, -0.1) is 0 Å². The van der Waals surface area contributed by atoms with Crippen LogP contribution in [-0.2, 0) is 11.2 Å². The Morgan fingerprint density at radius 3 is 2.31 bits per heavy atom. The Bertz CT molecular complexity index is 1100. The molecule has 1 atom stereocenters. The molecule has 2 N–H and O–H groups in total. The van der Waals surface area contributed by atoms with E-state index in [4.69, 9.17) is 5.11 Å². The van der Waals surface area contributed by atoms with Crippen LogP contribution < -0.4 is 5.56 Å². The second kappa shape index (κ2) is 8.69. The summed E-state index contributed by atoms with van der Waals surface area (Å²) >= 11 is 0. The molecule has 0 aliphatic heterocycles. The van der Waals surface area contributed by atoms with Gasteiger partial charge in [0.2, 0.25) is 0 Å². The molecule has 0 saturated heterocycles. The predicted molar refractivity (Wildman–Crippen MR) is 112 cm³/mol. The summed E-state index contributed by atoms with van der Waals surface area (Å²) < 4.78 is 0. The van der Waals surface area contributed by atoms with Gasteiger partial charge in [0, 0.05) is 29.7 Å². The molecule has 3 aromatic rings. The van der Waals surface area contributed by atoms with E-state index in [-0.39, 0.29) is 30.1 Å². The molecule has 148 valence electrons. The zero-order valence-corrected chi connectivity index (χ0v) is 16.4. The second-order valence-electron chi connectivity index (χ2n) is 7.25. The smallest absolute Gasteiger partial charge is 0.307 e. The number of carbonyl (C=O) groups is 2. The topological polar surface area (TPSA) is 87.2 Å². The van der Waals surface area contributed by atoms with Crippen molar-refractivity contribution >= 4 is 11.8 Å². The van der Waals surface area contributed by atoms with Crippen molar-refractivity contribution in [1.29, 1.82) is 0 Å². The molecule has 29 heavy (non-hydrogen) atoms. The number of carbonyl (C=O) groups excluding carboxylic acids is 1. The third kappa shape index (κ3) is 4.88. The molecule has 0 bridgehead atoms. The Kier molecular flexibility index (Phi) is 6.07. The van der Waals surface area contributed by atoms with E-state index in [1.165, 1.54) is 6.20 Å². The number of hydrogen-bond donors (Lipinski definition) is 2. The van der Waals surface area contributed by atoms with Gasteiger partial charge in [0.1, 0.15) is 0 Å². The van der Waals surface area contributed by atoms with Crippen LogP contribution in [0.4, 0.5) is 0 Å². The number of benzene rings is 2. The van der Waals surface area contributed by atoms with E-state index in [1.54, 1.807) is 25.1 Å². The van der Waals surface area contributed by atoms with E-state index in [0.717, 1.165) is 16.7 Å². The number of aromatic nitrogens is 1. The van der Waals surface area contributed by atoms with Crippen LogP contribution in [0.25, 0.3) is 0 Å². The number of H-pyrrole nitrogens is 1. The van der Waals surface area contributed by atoms with E-state index < -0.39 is 5.97 Å². The number of Topliss-reactive ketones (excluding diaryl/α,β-unsaturated/α-hetero) is 1. The Balaban J connectivity index is 1.96. The van der Waals surface area contributed by atoms with Crippen LogP contribution in [0.1, 0.15) is 50.5 Å². The first-order valence-corrected chi connectivity index (χ1v) is 9.44. The number of hydrogen-bond acceptors (Lipinski definition) is 3. The summed E-state index contributed by atoms with van der Waals surface area (Å²) in [5, 5.41) is 8.98. The molecule has 0 fully saturated rings. The number of carboxylic acids is 1. The van der Waals surface area contributed by atoms with Crippen molar-refractivity contribution < 1.29 is 14.7 Å². The summed E-state index contributed by atoms with van der Waals surface area (Å²) in [5.74, 6) is -1.11. The molecule has 0 aliphatic rings. The SMILES string of the molecule is Cc1ccccc1[C@H](CC(=O)c1c[nH]c(=O)c(C)c1)c1ccc(CC(=O)O)cc1. The van der Waals surface area contributed by atoms with Gasteiger partial charge in [0.25, 0.3) is 5.56 Å². The molecule has 1 aromatic heterocycles. The van der Waals surface area contributed by atoms with Crippen LogP contribution in [0.15, 0.2) is 65.6 Å². The second-order valence-corrected chi connectivity index (χ2v) is 7.25. The van der Waals surface area contributed by atoms with Gasteiger partial charge in [0.05, 0.1) is 6.42 Å². The van der Waals surface area contributed by atoms with Gasteiger partial charge in [-0.05, 0) is 42.2 Å². The quantitative estimate of drug-likeness (QED) is 0.598. The highest BCUT2D eigenvalue weighted by molar-refractivity contribution is 5.96. The molecule has 5 nitrogen and oxygen atoms in total. The molecule has 0 saturated carbocycles. The van der Waals surface area contributed by atoms with E-state index in [0.29, 0.717) is 16.7 Å². The number of aromatic amines is 1. The maximum atomic E-state index is 13.0. The van der Waals surface area contributed by atoms with Crippen LogP contribution in [0.2, 0.25) is 0 Å². The Hall–Kier alpha value is -3.47. The first-order chi connectivity index (χ1) is 13.8. The number of aliphatic carboxylic acids is 1. The van der Waals surface area contributed by atoms with Gasteiger partial charge in [-0.1, -0.05) is 48.5 Å². The Morgan fingerprint density at radius 1 is 1.00 bits per heavy atom. The number of aryl methyl sites for hydroxylation is 2. The fourth-order valence-electron chi connectivity index (χ4n) is 3.49. The first kappa shape index (κ1) is 20.3. The lowest BCUT2D eigenvalue weighted by atomic mass is 9.83. The average molecular weight is 389 g/mol. The van der Waals surface area contributed by atoms with Gasteiger partial charge in [-0.3, -0.25) is 14.4 Å². The minimum absolute atomic E-state index is 0.0368. The molecule has 0 unspecified atom stereocenters. The first-order valence-electron chi connectivity index (χ1n) is 9.44. The van der Waals surface area contributed by atoms with Crippen LogP contribution in [0.5, 0.6) is 0 Å². The average Bonchev–Trinajstić information content (AvgIpc) is 2.69. The summed E-state index contributed by atoms with van der Waals surface area (Å²) in [6, 6.07) is 16.9. The van der Waals surface area contributed by atoms with Crippen LogP contribution in [0.3, 0.4) is 0 Å². The van der Waals surface area contributed by atoms with Crippen molar-refractivity contribution in [2.24, 2.45) is 0 Å². The zero-order chi connectivity index (χ0) is 21.0.